The maximum absolute atomic E-state index is 13.2. The highest BCUT2D eigenvalue weighted by molar-refractivity contribution is 7.89. The van der Waals surface area contributed by atoms with Crippen LogP contribution in [0.15, 0.2) is 23.1 Å². The Hall–Kier alpha value is -1.98. The van der Waals surface area contributed by atoms with Crippen LogP contribution >= 0.6 is 0 Å². The molecule has 0 heterocycles. The topological polar surface area (TPSA) is 107 Å². The Bertz CT molecular complexity index is 742. The molecule has 2 atom stereocenters. The van der Waals surface area contributed by atoms with E-state index in [0.717, 1.165) is 37.5 Å². The van der Waals surface area contributed by atoms with Crippen LogP contribution in [0.2, 0.25) is 0 Å². The molecule has 23 heavy (non-hydrogen) atoms. The highest BCUT2D eigenvalue weighted by Crippen LogP contribution is 2.26. The van der Waals surface area contributed by atoms with Gasteiger partial charge in [0.2, 0.25) is 10.0 Å². The van der Waals surface area contributed by atoms with Crippen molar-refractivity contribution in [3.8, 4) is 6.07 Å². The van der Waals surface area contributed by atoms with E-state index in [2.05, 4.69) is 4.72 Å². The molecule has 0 aromatic heterocycles. The van der Waals surface area contributed by atoms with Gasteiger partial charge in [-0.1, -0.05) is 19.3 Å². The van der Waals surface area contributed by atoms with Gasteiger partial charge in [-0.2, -0.15) is 5.26 Å². The lowest BCUT2D eigenvalue weighted by Crippen LogP contribution is -2.42. The van der Waals surface area contributed by atoms with Crippen LogP contribution < -0.4 is 4.72 Å². The van der Waals surface area contributed by atoms with E-state index in [4.69, 9.17) is 5.26 Å². The number of hydrogen-bond donors (Lipinski definition) is 2. The van der Waals surface area contributed by atoms with Crippen molar-refractivity contribution in [2.75, 3.05) is 0 Å². The van der Waals surface area contributed by atoms with Crippen molar-refractivity contribution >= 4 is 16.0 Å². The molecule has 0 radical (unpaired) electrons. The molecule has 124 valence electrons. The first kappa shape index (κ1) is 17.4. The van der Waals surface area contributed by atoms with Crippen LogP contribution in [0.1, 0.15) is 37.7 Å². The lowest BCUT2D eigenvalue weighted by atomic mass is 9.96. The summed E-state index contributed by atoms with van der Waals surface area (Å²) in [6, 6.07) is 3.73. The molecule has 0 spiro atoms. The maximum Gasteiger partial charge on any atom is 0.308 e. The van der Waals surface area contributed by atoms with Crippen LogP contribution in [0.5, 0.6) is 0 Å². The minimum atomic E-state index is -4.10. The number of nitrogens with one attached hydrogen (secondary N) is 1. The summed E-state index contributed by atoms with van der Waals surface area (Å²) in [5, 5.41) is 18.3. The Kier molecular flexibility index (Phi) is 5.34. The molecule has 8 heteroatoms. The SMILES string of the molecule is N#Cc1cc(F)ccc1S(=O)(=O)N[C@H]1CCCCC[C@H]1C(=O)O. The van der Waals surface area contributed by atoms with Gasteiger partial charge in [-0.3, -0.25) is 4.79 Å². The van der Waals surface area contributed by atoms with Gasteiger partial charge in [0.15, 0.2) is 0 Å². The van der Waals surface area contributed by atoms with E-state index >= 15 is 0 Å². The molecule has 0 bridgehead atoms. The quantitative estimate of drug-likeness (QED) is 0.815. The number of carbonyl (C=O) groups is 1. The number of sulfonamides is 1. The largest absolute Gasteiger partial charge is 0.481 e. The smallest absolute Gasteiger partial charge is 0.308 e. The first-order valence-electron chi connectivity index (χ1n) is 7.30. The third kappa shape index (κ3) is 4.06. The van der Waals surface area contributed by atoms with Crippen LogP contribution in [0, 0.1) is 23.1 Å². The van der Waals surface area contributed by atoms with Gasteiger partial charge >= 0.3 is 5.97 Å². The fourth-order valence-electron chi connectivity index (χ4n) is 2.83. The molecule has 1 aliphatic carbocycles. The third-order valence-electron chi connectivity index (χ3n) is 3.99. The Morgan fingerprint density at radius 1 is 1.30 bits per heavy atom. The minimum Gasteiger partial charge on any atom is -0.481 e. The number of aliphatic carboxylic acids is 1. The molecule has 1 aliphatic rings. The van der Waals surface area contributed by atoms with Gasteiger partial charge in [0.05, 0.1) is 16.4 Å². The molecule has 1 aromatic rings. The zero-order valence-electron chi connectivity index (χ0n) is 12.3. The predicted molar refractivity (Wildman–Crippen MR) is 79.4 cm³/mol. The van der Waals surface area contributed by atoms with Crippen LogP contribution in [0.4, 0.5) is 4.39 Å². The molecule has 0 amide bonds. The Balaban J connectivity index is 2.33. The number of nitriles is 1. The van der Waals surface area contributed by atoms with Gasteiger partial charge in [0, 0.05) is 6.04 Å². The van der Waals surface area contributed by atoms with Gasteiger partial charge in [0.25, 0.3) is 0 Å². The normalized spacial score (nSPS) is 22.1. The second kappa shape index (κ2) is 7.06. The van der Waals surface area contributed by atoms with Crippen molar-refractivity contribution in [2.45, 2.75) is 43.0 Å². The summed E-state index contributed by atoms with van der Waals surface area (Å²) < 4.78 is 40.5. The van der Waals surface area contributed by atoms with E-state index in [-0.39, 0.29) is 10.5 Å². The van der Waals surface area contributed by atoms with E-state index in [9.17, 15) is 22.7 Å². The lowest BCUT2D eigenvalue weighted by molar-refractivity contribution is -0.142. The maximum atomic E-state index is 13.2. The predicted octanol–water partition coefficient (Wildman–Crippen LogP) is 2.01. The van der Waals surface area contributed by atoms with Gasteiger partial charge in [-0.25, -0.2) is 17.5 Å². The fourth-order valence-corrected chi connectivity index (χ4v) is 4.28. The van der Waals surface area contributed by atoms with Gasteiger partial charge in [0.1, 0.15) is 11.9 Å². The molecular weight excluding hydrogens is 323 g/mol. The monoisotopic (exact) mass is 340 g/mol. The highest BCUT2D eigenvalue weighted by atomic mass is 32.2. The second-order valence-corrected chi connectivity index (χ2v) is 7.25. The van der Waals surface area contributed by atoms with Crippen LogP contribution in [0.3, 0.4) is 0 Å². The molecule has 2 N–H and O–H groups in total. The first-order chi connectivity index (χ1) is 10.8. The van der Waals surface area contributed by atoms with Gasteiger partial charge in [-0.15, -0.1) is 0 Å². The minimum absolute atomic E-state index is 0.307. The second-order valence-electron chi connectivity index (χ2n) is 5.56. The summed E-state index contributed by atoms with van der Waals surface area (Å²) in [7, 11) is -4.10. The van der Waals surface area contributed by atoms with Crippen molar-refractivity contribution < 1.29 is 22.7 Å². The molecule has 1 aromatic carbocycles. The van der Waals surface area contributed by atoms with E-state index in [1.54, 1.807) is 6.07 Å². The number of carboxylic acids is 1. The van der Waals surface area contributed by atoms with Crippen molar-refractivity contribution in [1.82, 2.24) is 4.72 Å². The summed E-state index contributed by atoms with van der Waals surface area (Å²) in [6.07, 6.45) is 3.12. The van der Waals surface area contributed by atoms with Crippen LogP contribution in [-0.4, -0.2) is 25.5 Å². The number of nitrogens with zero attached hydrogens (tertiary/aromatic N) is 1. The molecule has 0 unspecified atom stereocenters. The summed E-state index contributed by atoms with van der Waals surface area (Å²) in [4.78, 5) is 11.0. The Morgan fingerprint density at radius 2 is 2.00 bits per heavy atom. The van der Waals surface area contributed by atoms with E-state index in [1.165, 1.54) is 0 Å². The molecule has 1 saturated carbocycles. The number of rotatable bonds is 4. The molecule has 0 aliphatic heterocycles. The molecule has 2 rings (SSSR count). The van der Waals surface area contributed by atoms with Gasteiger partial charge < -0.3 is 5.11 Å². The highest BCUT2D eigenvalue weighted by Gasteiger charge is 2.33. The molecule has 6 nitrogen and oxygen atoms in total. The lowest BCUT2D eigenvalue weighted by Gasteiger charge is -2.23. The van der Waals surface area contributed by atoms with Crippen molar-refractivity contribution in [3.63, 3.8) is 0 Å². The van der Waals surface area contributed by atoms with E-state index < -0.39 is 33.8 Å². The van der Waals surface area contributed by atoms with E-state index in [1.807, 2.05) is 0 Å². The zero-order chi connectivity index (χ0) is 17.0. The standard InChI is InChI=1S/C15H17FN2O4S/c16-11-6-7-14(10(8-11)9-17)23(21,22)18-13-5-3-1-2-4-12(13)15(19)20/h6-8,12-13,18H,1-5H2,(H,19,20)/t12-,13+/m1/s1. The first-order valence-corrected chi connectivity index (χ1v) is 8.78. The van der Waals surface area contributed by atoms with Gasteiger partial charge in [-0.05, 0) is 31.0 Å². The van der Waals surface area contributed by atoms with Crippen molar-refractivity contribution in [3.05, 3.63) is 29.6 Å². The summed E-state index contributed by atoms with van der Waals surface area (Å²) in [5.74, 6) is -2.56. The average Bonchev–Trinajstić information content (AvgIpc) is 2.71. The third-order valence-corrected chi connectivity index (χ3v) is 5.54. The van der Waals surface area contributed by atoms with Crippen LogP contribution in [-0.2, 0) is 14.8 Å². The summed E-state index contributed by atoms with van der Waals surface area (Å²) >= 11 is 0. The average molecular weight is 340 g/mol. The number of halogens is 1. The number of carboxylic acid groups (broad SMARTS) is 1. The van der Waals surface area contributed by atoms with Crippen molar-refractivity contribution in [1.29, 1.82) is 5.26 Å². The number of benzene rings is 1. The number of hydrogen-bond acceptors (Lipinski definition) is 4. The molecule has 1 fully saturated rings. The summed E-state index contributed by atoms with van der Waals surface area (Å²) in [5.41, 5.74) is -0.307. The van der Waals surface area contributed by atoms with Crippen LogP contribution in [0.25, 0.3) is 0 Å². The Morgan fingerprint density at radius 3 is 2.65 bits per heavy atom. The zero-order valence-corrected chi connectivity index (χ0v) is 13.1. The fraction of sp³-hybridized carbons (Fsp3) is 0.467. The molecule has 0 saturated heterocycles. The van der Waals surface area contributed by atoms with E-state index in [0.29, 0.717) is 12.8 Å². The Labute approximate surface area is 134 Å². The van der Waals surface area contributed by atoms with Crippen molar-refractivity contribution in [2.24, 2.45) is 5.92 Å². The molecular formula is C15H17FN2O4S. The summed E-state index contributed by atoms with van der Waals surface area (Å²) in [6.45, 7) is 0.